The number of hydrogen-bond acceptors (Lipinski definition) is 8. The number of anilines is 1. The number of likely N-dealkylation sites (N-methyl/N-ethyl adjacent to an activating group) is 1. The number of fused-ring (bicyclic) bond motifs is 1. The molecule has 0 spiro atoms. The molecule has 2 fully saturated rings. The molecular weight excluding hydrogens is 436 g/mol. The molecule has 0 radical (unpaired) electrons. The number of amides is 1. The van der Waals surface area contributed by atoms with Gasteiger partial charge in [-0.05, 0) is 31.3 Å². The smallest absolute Gasteiger partial charge is 0.269 e. The molecule has 10 heteroatoms. The topological polar surface area (TPSA) is 130 Å². The minimum Gasteiger partial charge on any atom is -0.378 e. The van der Waals surface area contributed by atoms with E-state index >= 15 is 0 Å². The summed E-state index contributed by atoms with van der Waals surface area (Å²) in [5, 5.41) is 25.9. The number of ether oxygens (including phenoxy) is 1. The molecule has 5 rings (SSSR count). The molecule has 2 atom stereocenters. The Kier molecular flexibility index (Phi) is 5.71. The summed E-state index contributed by atoms with van der Waals surface area (Å²) in [6.45, 7) is 3.31. The summed E-state index contributed by atoms with van der Waals surface area (Å²) in [6.07, 6.45) is 1.08. The molecular formula is C24H26N6O4. The molecule has 4 N–H and O–H groups in total. The van der Waals surface area contributed by atoms with Crippen molar-refractivity contribution in [3.63, 3.8) is 0 Å². The van der Waals surface area contributed by atoms with Crippen LogP contribution < -0.4 is 10.6 Å². The van der Waals surface area contributed by atoms with Gasteiger partial charge in [-0.2, -0.15) is 5.10 Å². The zero-order valence-corrected chi connectivity index (χ0v) is 18.8. The van der Waals surface area contributed by atoms with E-state index in [2.05, 4.69) is 26.8 Å². The molecule has 34 heavy (non-hydrogen) atoms. The molecule has 2 aromatic heterocycles. The summed E-state index contributed by atoms with van der Waals surface area (Å²) in [4.78, 5) is 20.6. The number of likely N-dealkylation sites (tertiary alicyclic amines) is 1. The predicted molar refractivity (Wildman–Crippen MR) is 125 cm³/mol. The lowest BCUT2D eigenvalue weighted by Crippen LogP contribution is -2.42. The lowest BCUT2D eigenvalue weighted by Gasteiger charge is -2.28. The highest BCUT2D eigenvalue weighted by atomic mass is 16.5. The second-order valence-corrected chi connectivity index (χ2v) is 8.62. The Bertz CT molecular complexity index is 1310. The molecule has 10 nitrogen and oxygen atoms in total. The van der Waals surface area contributed by atoms with Crippen LogP contribution in [0.4, 0.5) is 5.69 Å². The lowest BCUT2D eigenvalue weighted by molar-refractivity contribution is -0.0633. The summed E-state index contributed by atoms with van der Waals surface area (Å²) in [5.74, 6) is 5.14. The lowest BCUT2D eigenvalue weighted by atomic mass is 10.0. The van der Waals surface area contributed by atoms with Gasteiger partial charge in [0.2, 0.25) is 0 Å². The van der Waals surface area contributed by atoms with E-state index < -0.39 is 17.7 Å². The van der Waals surface area contributed by atoms with Crippen LogP contribution in [0.5, 0.6) is 0 Å². The van der Waals surface area contributed by atoms with Crippen molar-refractivity contribution >= 4 is 22.6 Å². The highest BCUT2D eigenvalue weighted by Crippen LogP contribution is 2.27. The number of primary amides is 1. The van der Waals surface area contributed by atoms with Gasteiger partial charge in [0, 0.05) is 31.6 Å². The van der Waals surface area contributed by atoms with Crippen LogP contribution in [0.15, 0.2) is 36.5 Å². The zero-order chi connectivity index (χ0) is 23.9. The Morgan fingerprint density at radius 1 is 1.24 bits per heavy atom. The minimum atomic E-state index is -1.49. The van der Waals surface area contributed by atoms with Crippen molar-refractivity contribution < 1.29 is 19.7 Å². The van der Waals surface area contributed by atoms with Crippen molar-refractivity contribution in [3.8, 4) is 17.5 Å². The Balaban J connectivity index is 1.52. The van der Waals surface area contributed by atoms with Gasteiger partial charge in [0.1, 0.15) is 6.23 Å². The van der Waals surface area contributed by atoms with Crippen LogP contribution in [0.25, 0.3) is 16.7 Å². The summed E-state index contributed by atoms with van der Waals surface area (Å²) in [7, 11) is 1.74. The fourth-order valence-corrected chi connectivity index (χ4v) is 4.33. The molecule has 0 bridgehead atoms. The van der Waals surface area contributed by atoms with Crippen LogP contribution in [-0.2, 0) is 4.74 Å². The normalized spacial score (nSPS) is 23.1. The summed E-state index contributed by atoms with van der Waals surface area (Å²) in [5.41, 5.74) is 6.94. The molecule has 176 valence electrons. The third-order valence-corrected chi connectivity index (χ3v) is 6.32. The zero-order valence-electron chi connectivity index (χ0n) is 18.8. The first kappa shape index (κ1) is 22.3. The molecule has 4 heterocycles. The van der Waals surface area contributed by atoms with Crippen molar-refractivity contribution in [2.75, 3.05) is 44.8 Å². The van der Waals surface area contributed by atoms with Gasteiger partial charge in [0.25, 0.3) is 5.91 Å². The van der Waals surface area contributed by atoms with E-state index in [0.717, 1.165) is 18.8 Å². The average molecular weight is 463 g/mol. The van der Waals surface area contributed by atoms with Crippen molar-refractivity contribution in [3.05, 3.63) is 47.8 Å². The Morgan fingerprint density at radius 2 is 2.03 bits per heavy atom. The van der Waals surface area contributed by atoms with Crippen LogP contribution in [-0.4, -0.2) is 87.5 Å². The van der Waals surface area contributed by atoms with E-state index in [0.29, 0.717) is 48.5 Å². The third kappa shape index (κ3) is 3.99. The monoisotopic (exact) mass is 462 g/mol. The number of nitrogens with zero attached hydrogens (tertiary/aromatic N) is 5. The average Bonchev–Trinajstić information content (AvgIpc) is 3.37. The van der Waals surface area contributed by atoms with Crippen LogP contribution in [0.1, 0.15) is 22.5 Å². The van der Waals surface area contributed by atoms with Gasteiger partial charge in [-0.1, -0.05) is 17.9 Å². The first-order chi connectivity index (χ1) is 16.4. The maximum absolute atomic E-state index is 12.2. The first-order valence-electron chi connectivity index (χ1n) is 11.1. The molecule has 3 aromatic rings. The standard InChI is InChI=1S/C24H26N6O4/c1-28-8-7-24(33,23(28)32)6-5-16-3-2-4-17(13-16)30-22-19(20(27-30)21(25)31)14-18(15-26-22)29-9-11-34-12-10-29/h2-4,13-15,23,32-33H,7-12H2,1H3,(H2,25,31)/t23?,24-/m0/s1. The van der Waals surface area contributed by atoms with E-state index in [9.17, 15) is 15.0 Å². The quantitative estimate of drug-likeness (QED) is 0.467. The van der Waals surface area contributed by atoms with E-state index in [1.165, 1.54) is 0 Å². The van der Waals surface area contributed by atoms with Gasteiger partial charge in [-0.15, -0.1) is 0 Å². The molecule has 1 amide bonds. The molecule has 2 saturated heterocycles. The Morgan fingerprint density at radius 3 is 2.74 bits per heavy atom. The number of rotatable bonds is 3. The first-order valence-corrected chi connectivity index (χ1v) is 11.1. The molecule has 0 saturated carbocycles. The summed E-state index contributed by atoms with van der Waals surface area (Å²) in [6, 6.07) is 9.10. The van der Waals surface area contributed by atoms with Crippen molar-refractivity contribution in [1.29, 1.82) is 0 Å². The van der Waals surface area contributed by atoms with Crippen molar-refractivity contribution in [2.24, 2.45) is 5.73 Å². The van der Waals surface area contributed by atoms with E-state index in [1.54, 1.807) is 41.0 Å². The number of morpholine rings is 1. The van der Waals surface area contributed by atoms with Gasteiger partial charge in [0.05, 0.1) is 36.2 Å². The fraction of sp³-hybridized carbons (Fsp3) is 0.375. The third-order valence-electron chi connectivity index (χ3n) is 6.32. The van der Waals surface area contributed by atoms with Gasteiger partial charge < -0.3 is 25.6 Å². The summed E-state index contributed by atoms with van der Waals surface area (Å²) >= 11 is 0. The maximum atomic E-state index is 12.2. The molecule has 0 aliphatic carbocycles. The number of aliphatic hydroxyl groups is 2. The van der Waals surface area contributed by atoms with Crippen LogP contribution in [0.2, 0.25) is 0 Å². The van der Waals surface area contributed by atoms with Crippen molar-refractivity contribution in [2.45, 2.75) is 18.2 Å². The number of aromatic nitrogens is 3. The van der Waals surface area contributed by atoms with E-state index in [4.69, 9.17) is 10.5 Å². The number of carbonyl (C=O) groups excluding carboxylic acids is 1. The van der Waals surface area contributed by atoms with Gasteiger partial charge in [-0.25, -0.2) is 9.67 Å². The largest absolute Gasteiger partial charge is 0.378 e. The predicted octanol–water partition coefficient (Wildman–Crippen LogP) is 0.0925. The van der Waals surface area contributed by atoms with Gasteiger partial charge in [-0.3, -0.25) is 9.69 Å². The minimum absolute atomic E-state index is 0.139. The summed E-state index contributed by atoms with van der Waals surface area (Å²) < 4.78 is 6.98. The van der Waals surface area contributed by atoms with Crippen LogP contribution in [0.3, 0.4) is 0 Å². The number of pyridine rings is 1. The molecule has 1 unspecified atom stereocenters. The molecule has 2 aliphatic heterocycles. The van der Waals surface area contributed by atoms with Crippen LogP contribution >= 0.6 is 0 Å². The number of hydrogen-bond donors (Lipinski definition) is 3. The Labute approximate surface area is 196 Å². The Hall–Kier alpha value is -3.49. The number of aliphatic hydroxyl groups excluding tert-OH is 1. The fourth-order valence-electron chi connectivity index (χ4n) is 4.33. The number of nitrogens with two attached hydrogens (primary N) is 1. The van der Waals surface area contributed by atoms with Gasteiger partial charge >= 0.3 is 0 Å². The molecule has 1 aromatic carbocycles. The van der Waals surface area contributed by atoms with Crippen LogP contribution in [0, 0.1) is 11.8 Å². The van der Waals surface area contributed by atoms with E-state index in [1.807, 2.05) is 12.1 Å². The number of benzene rings is 1. The van der Waals surface area contributed by atoms with E-state index in [-0.39, 0.29) is 5.69 Å². The highest BCUT2D eigenvalue weighted by molar-refractivity contribution is 6.04. The second kappa shape index (κ2) is 8.70. The SMILES string of the molecule is CN1CC[C@@](O)(C#Cc2cccc(-n3nc(C(N)=O)c4cc(N5CCOCC5)cnc43)c2)C1O. The molecule has 2 aliphatic rings. The highest BCUT2D eigenvalue weighted by Gasteiger charge is 2.42. The van der Waals surface area contributed by atoms with Crippen molar-refractivity contribution in [1.82, 2.24) is 19.7 Å². The maximum Gasteiger partial charge on any atom is 0.269 e. The van der Waals surface area contributed by atoms with Gasteiger partial charge in [0.15, 0.2) is 16.9 Å². The second-order valence-electron chi connectivity index (χ2n) is 8.62. The number of carbonyl (C=O) groups is 1.